The molecule has 1 amide bonds. The minimum absolute atomic E-state index is 0.0396. The quantitative estimate of drug-likeness (QED) is 0.523. The lowest BCUT2D eigenvalue weighted by molar-refractivity contribution is -0.135. The SMILES string of the molecule is CN(c1ccccc1)S(=O)(=O)c1cccc(C(=O)OCC(=O)N2CCc3ccccc3C2)c1. The van der Waals surface area contributed by atoms with Crippen LogP contribution in [-0.2, 0) is 32.5 Å². The Kier molecular flexibility index (Phi) is 6.46. The van der Waals surface area contributed by atoms with Gasteiger partial charge in [-0.25, -0.2) is 13.2 Å². The average molecular weight is 465 g/mol. The highest BCUT2D eigenvalue weighted by Crippen LogP contribution is 2.23. The molecule has 0 aromatic heterocycles. The third-order valence-corrected chi connectivity index (χ3v) is 7.44. The van der Waals surface area contributed by atoms with Gasteiger partial charge in [-0.3, -0.25) is 9.10 Å². The van der Waals surface area contributed by atoms with Gasteiger partial charge in [-0.2, -0.15) is 0 Å². The number of esters is 1. The second-order valence-electron chi connectivity index (χ2n) is 7.75. The molecule has 1 aliphatic rings. The van der Waals surface area contributed by atoms with Crippen molar-refractivity contribution in [1.29, 1.82) is 0 Å². The van der Waals surface area contributed by atoms with E-state index < -0.39 is 22.6 Å². The smallest absolute Gasteiger partial charge is 0.338 e. The van der Waals surface area contributed by atoms with Crippen molar-refractivity contribution in [1.82, 2.24) is 4.90 Å². The minimum Gasteiger partial charge on any atom is -0.452 e. The Bertz CT molecular complexity index is 1270. The minimum atomic E-state index is -3.87. The van der Waals surface area contributed by atoms with E-state index in [0.29, 0.717) is 18.8 Å². The molecule has 0 unspecified atom stereocenters. The second-order valence-corrected chi connectivity index (χ2v) is 9.72. The van der Waals surface area contributed by atoms with Crippen molar-refractivity contribution in [3.63, 3.8) is 0 Å². The summed E-state index contributed by atoms with van der Waals surface area (Å²) in [5.41, 5.74) is 2.87. The van der Waals surface area contributed by atoms with Crippen LogP contribution in [0.3, 0.4) is 0 Å². The Morgan fingerprint density at radius 1 is 0.939 bits per heavy atom. The number of carbonyl (C=O) groups is 2. The normalized spacial score (nSPS) is 13.2. The largest absolute Gasteiger partial charge is 0.452 e. The molecule has 0 spiro atoms. The summed E-state index contributed by atoms with van der Waals surface area (Å²) in [5, 5.41) is 0. The Balaban J connectivity index is 1.41. The number of sulfonamides is 1. The molecule has 0 radical (unpaired) electrons. The molecule has 3 aromatic carbocycles. The van der Waals surface area contributed by atoms with Gasteiger partial charge in [0.05, 0.1) is 16.1 Å². The van der Waals surface area contributed by atoms with Gasteiger partial charge in [0.2, 0.25) is 0 Å². The number of fused-ring (bicyclic) bond motifs is 1. The zero-order chi connectivity index (χ0) is 23.4. The van der Waals surface area contributed by atoms with E-state index in [4.69, 9.17) is 4.74 Å². The van der Waals surface area contributed by atoms with E-state index in [0.717, 1.165) is 16.3 Å². The standard InChI is InChI=1S/C25H24N2O5S/c1-26(22-11-3-2-4-12-22)33(30,31)23-13-7-10-20(16-23)25(29)32-18-24(28)27-15-14-19-8-5-6-9-21(19)17-27/h2-13,16H,14-15,17-18H2,1H3. The Morgan fingerprint density at radius 3 is 2.39 bits per heavy atom. The summed E-state index contributed by atoms with van der Waals surface area (Å²) < 4.78 is 32.3. The molecule has 1 aliphatic heterocycles. The molecule has 0 aliphatic carbocycles. The molecule has 0 saturated carbocycles. The summed E-state index contributed by atoms with van der Waals surface area (Å²) in [6, 6.07) is 22.2. The number of anilines is 1. The van der Waals surface area contributed by atoms with E-state index >= 15 is 0 Å². The average Bonchev–Trinajstić information content (AvgIpc) is 2.86. The first-order chi connectivity index (χ1) is 15.9. The lowest BCUT2D eigenvalue weighted by atomic mass is 10.00. The molecular weight excluding hydrogens is 440 g/mol. The summed E-state index contributed by atoms with van der Waals surface area (Å²) in [6.45, 7) is 0.640. The first-order valence-electron chi connectivity index (χ1n) is 10.5. The topological polar surface area (TPSA) is 84.0 Å². The lowest BCUT2D eigenvalue weighted by Crippen LogP contribution is -2.38. The number of benzene rings is 3. The number of nitrogens with zero attached hydrogens (tertiary/aromatic N) is 2. The maximum atomic E-state index is 13.0. The fourth-order valence-corrected chi connectivity index (χ4v) is 4.97. The van der Waals surface area contributed by atoms with E-state index in [9.17, 15) is 18.0 Å². The summed E-state index contributed by atoms with van der Waals surface area (Å²) in [6.07, 6.45) is 0.755. The van der Waals surface area contributed by atoms with E-state index in [1.54, 1.807) is 35.2 Å². The molecule has 0 atom stereocenters. The lowest BCUT2D eigenvalue weighted by Gasteiger charge is -2.28. The number of para-hydroxylation sites is 1. The number of amides is 1. The molecule has 0 bridgehead atoms. The maximum absolute atomic E-state index is 13.0. The van der Waals surface area contributed by atoms with Gasteiger partial charge in [0.25, 0.3) is 15.9 Å². The van der Waals surface area contributed by atoms with E-state index in [1.165, 1.54) is 36.9 Å². The van der Waals surface area contributed by atoms with Crippen molar-refractivity contribution in [3.8, 4) is 0 Å². The summed E-state index contributed by atoms with van der Waals surface area (Å²) in [4.78, 5) is 26.7. The Labute approximate surface area is 193 Å². The van der Waals surface area contributed by atoms with Crippen molar-refractivity contribution in [3.05, 3.63) is 95.6 Å². The van der Waals surface area contributed by atoms with Crippen LogP contribution in [0.2, 0.25) is 0 Å². The molecule has 1 heterocycles. The molecule has 3 aromatic rings. The van der Waals surface area contributed by atoms with Gasteiger partial charge in [0, 0.05) is 20.1 Å². The van der Waals surface area contributed by atoms with Gasteiger partial charge < -0.3 is 9.64 Å². The number of hydrogen-bond donors (Lipinski definition) is 0. The Morgan fingerprint density at radius 2 is 1.64 bits per heavy atom. The van der Waals surface area contributed by atoms with Crippen LogP contribution in [0.4, 0.5) is 5.69 Å². The molecule has 33 heavy (non-hydrogen) atoms. The van der Waals surface area contributed by atoms with Gasteiger partial charge in [-0.1, -0.05) is 48.5 Å². The first-order valence-corrected chi connectivity index (χ1v) is 12.0. The number of rotatable bonds is 6. The van der Waals surface area contributed by atoms with Gasteiger partial charge in [-0.15, -0.1) is 0 Å². The predicted octanol–water partition coefficient (Wildman–Crippen LogP) is 3.25. The van der Waals surface area contributed by atoms with Crippen molar-refractivity contribution in [2.24, 2.45) is 0 Å². The maximum Gasteiger partial charge on any atom is 0.338 e. The zero-order valence-corrected chi connectivity index (χ0v) is 19.0. The molecule has 170 valence electrons. The van der Waals surface area contributed by atoms with Crippen LogP contribution in [0, 0.1) is 0 Å². The summed E-state index contributed by atoms with van der Waals surface area (Å²) >= 11 is 0. The number of carbonyl (C=O) groups excluding carboxylic acids is 2. The van der Waals surface area contributed by atoms with E-state index in [1.807, 2.05) is 24.3 Å². The predicted molar refractivity (Wildman–Crippen MR) is 124 cm³/mol. The second kappa shape index (κ2) is 9.46. The fourth-order valence-electron chi connectivity index (χ4n) is 3.73. The van der Waals surface area contributed by atoms with Crippen LogP contribution in [0.15, 0.2) is 83.8 Å². The van der Waals surface area contributed by atoms with Crippen LogP contribution >= 0.6 is 0 Å². The van der Waals surface area contributed by atoms with Crippen molar-refractivity contribution >= 4 is 27.6 Å². The molecule has 0 fully saturated rings. The van der Waals surface area contributed by atoms with Crippen LogP contribution in [-0.4, -0.2) is 45.4 Å². The molecular formula is C25H24N2O5S. The van der Waals surface area contributed by atoms with E-state index in [-0.39, 0.29) is 16.4 Å². The fraction of sp³-hybridized carbons (Fsp3) is 0.200. The Hall–Kier alpha value is -3.65. The molecule has 7 nitrogen and oxygen atoms in total. The highest BCUT2D eigenvalue weighted by molar-refractivity contribution is 7.92. The molecule has 0 saturated heterocycles. The van der Waals surface area contributed by atoms with Crippen molar-refractivity contribution < 1.29 is 22.7 Å². The van der Waals surface area contributed by atoms with Gasteiger partial charge in [0.15, 0.2) is 6.61 Å². The zero-order valence-electron chi connectivity index (χ0n) is 18.2. The van der Waals surface area contributed by atoms with Crippen molar-refractivity contribution in [2.75, 3.05) is 24.5 Å². The van der Waals surface area contributed by atoms with Crippen LogP contribution in [0.25, 0.3) is 0 Å². The van der Waals surface area contributed by atoms with Gasteiger partial charge >= 0.3 is 5.97 Å². The van der Waals surface area contributed by atoms with Crippen molar-refractivity contribution in [2.45, 2.75) is 17.9 Å². The summed E-state index contributed by atoms with van der Waals surface area (Å²) in [7, 11) is -2.42. The third kappa shape index (κ3) is 4.90. The van der Waals surface area contributed by atoms with Gasteiger partial charge in [0.1, 0.15) is 0 Å². The number of hydrogen-bond acceptors (Lipinski definition) is 5. The highest BCUT2D eigenvalue weighted by Gasteiger charge is 2.24. The van der Waals surface area contributed by atoms with Gasteiger partial charge in [-0.05, 0) is 47.9 Å². The highest BCUT2D eigenvalue weighted by atomic mass is 32.2. The summed E-state index contributed by atoms with van der Waals surface area (Å²) in [5.74, 6) is -1.04. The monoisotopic (exact) mass is 464 g/mol. The molecule has 8 heteroatoms. The van der Waals surface area contributed by atoms with E-state index in [2.05, 4.69) is 0 Å². The molecule has 0 N–H and O–H groups in total. The van der Waals surface area contributed by atoms with Crippen LogP contribution < -0.4 is 4.31 Å². The molecule has 4 rings (SSSR count). The third-order valence-electron chi connectivity index (χ3n) is 5.66. The van der Waals surface area contributed by atoms with Crippen LogP contribution in [0.5, 0.6) is 0 Å². The number of ether oxygens (including phenoxy) is 1. The first kappa shape index (κ1) is 22.5. The van der Waals surface area contributed by atoms with Crippen LogP contribution in [0.1, 0.15) is 21.5 Å².